The molecule has 1 aromatic rings. The highest BCUT2D eigenvalue weighted by Crippen LogP contribution is 2.38. The zero-order valence-electron chi connectivity index (χ0n) is 12.6. The second-order valence-electron chi connectivity index (χ2n) is 6.90. The van der Waals surface area contributed by atoms with Gasteiger partial charge in [0, 0.05) is 24.4 Å². The highest BCUT2D eigenvalue weighted by atomic mass is 32.2. The van der Waals surface area contributed by atoms with Gasteiger partial charge >= 0.3 is 0 Å². The molecule has 0 amide bonds. The normalized spacial score (nSPS) is 35.8. The molecule has 3 heteroatoms. The van der Waals surface area contributed by atoms with E-state index in [2.05, 4.69) is 41.3 Å². The Morgan fingerprint density at radius 2 is 2.05 bits per heavy atom. The number of aryl methyl sites for hydroxylation is 1. The van der Waals surface area contributed by atoms with Crippen LogP contribution in [0.5, 0.6) is 0 Å². The number of rotatable bonds is 2. The molecule has 0 bridgehead atoms. The summed E-state index contributed by atoms with van der Waals surface area (Å²) in [6, 6.07) is 10.3. The summed E-state index contributed by atoms with van der Waals surface area (Å²) in [5, 5.41) is 3.96. The molecule has 0 aromatic heterocycles. The van der Waals surface area contributed by atoms with Crippen LogP contribution >= 0.6 is 11.8 Å². The first-order valence-corrected chi connectivity index (χ1v) is 9.53. The number of benzene rings is 1. The maximum absolute atomic E-state index is 6.14. The minimum absolute atomic E-state index is 0.202. The quantitative estimate of drug-likeness (QED) is 0.906. The third-order valence-electron chi connectivity index (χ3n) is 5.38. The lowest BCUT2D eigenvalue weighted by atomic mass is 9.85. The Kier molecular flexibility index (Phi) is 3.99. The van der Waals surface area contributed by atoms with Gasteiger partial charge in [-0.1, -0.05) is 24.3 Å². The van der Waals surface area contributed by atoms with Gasteiger partial charge in [0.15, 0.2) is 0 Å². The van der Waals surface area contributed by atoms with Gasteiger partial charge in [0.05, 0.1) is 5.60 Å². The van der Waals surface area contributed by atoms with Gasteiger partial charge in [-0.3, -0.25) is 0 Å². The number of ether oxygens (including phenoxy) is 1. The van der Waals surface area contributed by atoms with E-state index in [0.29, 0.717) is 12.1 Å². The molecule has 3 unspecified atom stereocenters. The van der Waals surface area contributed by atoms with Crippen LogP contribution in [0.25, 0.3) is 0 Å². The molecule has 2 nitrogen and oxygen atoms in total. The molecular formula is C18H25NOS. The topological polar surface area (TPSA) is 21.3 Å². The maximum atomic E-state index is 6.14. The molecule has 3 atom stereocenters. The molecule has 3 aliphatic rings. The van der Waals surface area contributed by atoms with E-state index < -0.39 is 0 Å². The van der Waals surface area contributed by atoms with Crippen LogP contribution in [0.1, 0.15) is 36.8 Å². The van der Waals surface area contributed by atoms with Crippen LogP contribution < -0.4 is 5.32 Å². The molecular weight excluding hydrogens is 278 g/mol. The Morgan fingerprint density at radius 1 is 1.14 bits per heavy atom. The first-order chi connectivity index (χ1) is 10.3. The van der Waals surface area contributed by atoms with Crippen molar-refractivity contribution in [3.8, 4) is 0 Å². The lowest BCUT2D eigenvalue weighted by Crippen LogP contribution is -2.50. The van der Waals surface area contributed by atoms with Gasteiger partial charge in [0.25, 0.3) is 0 Å². The fourth-order valence-corrected chi connectivity index (χ4v) is 5.58. The van der Waals surface area contributed by atoms with Crippen molar-refractivity contribution < 1.29 is 4.74 Å². The van der Waals surface area contributed by atoms with Crippen LogP contribution in [0.4, 0.5) is 0 Å². The molecule has 1 N–H and O–H groups in total. The van der Waals surface area contributed by atoms with Crippen LogP contribution in [-0.4, -0.2) is 35.8 Å². The van der Waals surface area contributed by atoms with Crippen molar-refractivity contribution in [2.45, 2.75) is 56.2 Å². The molecule has 1 aromatic carbocycles. The summed E-state index contributed by atoms with van der Waals surface area (Å²) < 4.78 is 6.14. The summed E-state index contributed by atoms with van der Waals surface area (Å²) in [5.41, 5.74) is 3.32. The Bertz CT molecular complexity index is 498. The highest BCUT2D eigenvalue weighted by Gasteiger charge is 2.40. The standard InChI is InChI=1S/C18H25NOS/c1-2-4-15-11-16(6-5-14(15)3-1)19-17-7-9-20-18(12-17)8-10-21-13-18/h1-4,16-17,19H,5-13H2. The van der Waals surface area contributed by atoms with Crippen LogP contribution in [-0.2, 0) is 17.6 Å². The predicted molar refractivity (Wildman–Crippen MR) is 89.0 cm³/mol. The van der Waals surface area contributed by atoms with Crippen molar-refractivity contribution in [2.75, 3.05) is 18.1 Å². The van der Waals surface area contributed by atoms with Crippen molar-refractivity contribution in [1.29, 1.82) is 0 Å². The van der Waals surface area contributed by atoms with E-state index in [0.717, 1.165) is 6.61 Å². The van der Waals surface area contributed by atoms with Crippen molar-refractivity contribution in [1.82, 2.24) is 5.32 Å². The Labute approximate surface area is 132 Å². The molecule has 1 spiro atoms. The summed E-state index contributed by atoms with van der Waals surface area (Å²) >= 11 is 2.07. The van der Waals surface area contributed by atoms with E-state index in [-0.39, 0.29) is 5.60 Å². The van der Waals surface area contributed by atoms with E-state index in [9.17, 15) is 0 Å². The van der Waals surface area contributed by atoms with Gasteiger partial charge in [0.2, 0.25) is 0 Å². The minimum atomic E-state index is 0.202. The second-order valence-corrected chi connectivity index (χ2v) is 8.00. The fourth-order valence-electron chi connectivity index (χ4n) is 4.21. The molecule has 2 saturated heterocycles. The van der Waals surface area contributed by atoms with Crippen LogP contribution in [0.2, 0.25) is 0 Å². The highest BCUT2D eigenvalue weighted by molar-refractivity contribution is 7.99. The smallest absolute Gasteiger partial charge is 0.0795 e. The van der Waals surface area contributed by atoms with Gasteiger partial charge in [-0.05, 0) is 55.4 Å². The van der Waals surface area contributed by atoms with E-state index in [1.165, 1.54) is 50.0 Å². The SMILES string of the molecule is c1ccc2c(c1)CCC(NC1CCOC3(CCSC3)C1)C2. The Hall–Kier alpha value is -0.510. The first kappa shape index (κ1) is 14.1. The summed E-state index contributed by atoms with van der Waals surface area (Å²) in [6.45, 7) is 0.946. The lowest BCUT2D eigenvalue weighted by Gasteiger charge is -2.40. The van der Waals surface area contributed by atoms with Crippen molar-refractivity contribution in [3.63, 3.8) is 0 Å². The third-order valence-corrected chi connectivity index (χ3v) is 6.60. The average Bonchev–Trinajstić information content (AvgIpc) is 2.95. The van der Waals surface area contributed by atoms with Gasteiger partial charge < -0.3 is 10.1 Å². The summed E-state index contributed by atoms with van der Waals surface area (Å²) in [4.78, 5) is 0. The molecule has 2 fully saturated rings. The molecule has 0 radical (unpaired) electrons. The van der Waals surface area contributed by atoms with E-state index in [1.807, 2.05) is 0 Å². The van der Waals surface area contributed by atoms with Gasteiger partial charge in [-0.2, -0.15) is 11.8 Å². The first-order valence-electron chi connectivity index (χ1n) is 8.38. The van der Waals surface area contributed by atoms with Crippen LogP contribution in [0, 0.1) is 0 Å². The number of fused-ring (bicyclic) bond motifs is 1. The Balaban J connectivity index is 1.38. The summed E-state index contributed by atoms with van der Waals surface area (Å²) in [6.07, 6.45) is 7.38. The number of thioether (sulfide) groups is 1. The summed E-state index contributed by atoms with van der Waals surface area (Å²) in [7, 11) is 0. The predicted octanol–water partition coefficient (Wildman–Crippen LogP) is 3.19. The fraction of sp³-hybridized carbons (Fsp3) is 0.667. The molecule has 21 heavy (non-hydrogen) atoms. The number of hydrogen-bond donors (Lipinski definition) is 1. The summed E-state index contributed by atoms with van der Waals surface area (Å²) in [5.74, 6) is 2.49. The minimum Gasteiger partial charge on any atom is -0.374 e. The molecule has 1 aliphatic carbocycles. The van der Waals surface area contributed by atoms with Crippen molar-refractivity contribution >= 4 is 11.8 Å². The average molecular weight is 303 g/mol. The van der Waals surface area contributed by atoms with Gasteiger partial charge in [-0.15, -0.1) is 0 Å². The van der Waals surface area contributed by atoms with Gasteiger partial charge in [-0.25, -0.2) is 0 Å². The third kappa shape index (κ3) is 3.01. The Morgan fingerprint density at radius 3 is 2.90 bits per heavy atom. The lowest BCUT2D eigenvalue weighted by molar-refractivity contribution is -0.0714. The maximum Gasteiger partial charge on any atom is 0.0795 e. The zero-order chi connectivity index (χ0) is 14.1. The molecule has 2 heterocycles. The van der Waals surface area contributed by atoms with Crippen molar-refractivity contribution in [2.24, 2.45) is 0 Å². The second kappa shape index (κ2) is 5.94. The van der Waals surface area contributed by atoms with E-state index in [1.54, 1.807) is 11.1 Å². The molecule has 4 rings (SSSR count). The van der Waals surface area contributed by atoms with E-state index in [4.69, 9.17) is 4.74 Å². The molecule has 0 saturated carbocycles. The van der Waals surface area contributed by atoms with E-state index >= 15 is 0 Å². The molecule has 114 valence electrons. The zero-order valence-corrected chi connectivity index (χ0v) is 13.5. The van der Waals surface area contributed by atoms with Gasteiger partial charge in [0.1, 0.15) is 0 Å². The number of nitrogens with one attached hydrogen (secondary N) is 1. The number of hydrogen-bond acceptors (Lipinski definition) is 3. The molecule has 2 aliphatic heterocycles. The largest absolute Gasteiger partial charge is 0.374 e. The monoisotopic (exact) mass is 303 g/mol. The van der Waals surface area contributed by atoms with Crippen molar-refractivity contribution in [3.05, 3.63) is 35.4 Å². The van der Waals surface area contributed by atoms with Crippen LogP contribution in [0.15, 0.2) is 24.3 Å². The van der Waals surface area contributed by atoms with Crippen LogP contribution in [0.3, 0.4) is 0 Å².